The van der Waals surface area contributed by atoms with Crippen LogP contribution in [0.5, 0.6) is 0 Å². The van der Waals surface area contributed by atoms with Gasteiger partial charge in [0.25, 0.3) is 0 Å². The fourth-order valence-electron chi connectivity index (χ4n) is 2.75. The van der Waals surface area contributed by atoms with Crippen molar-refractivity contribution in [1.29, 1.82) is 0 Å². The minimum atomic E-state index is 0.676. The summed E-state index contributed by atoms with van der Waals surface area (Å²) >= 11 is 3.55. The standard InChI is InChI=1S/C20H15BrN4/c1-13-10-15(21)12-16(11-13)23-20-17-4-2-3-5-18(17)24-19(25-20)14-6-8-22-9-7-14/h2-12H,1H3,(H,23,24,25). The van der Waals surface area contributed by atoms with E-state index in [1.54, 1.807) is 12.4 Å². The minimum Gasteiger partial charge on any atom is -0.340 e. The molecule has 0 spiro atoms. The molecule has 25 heavy (non-hydrogen) atoms. The van der Waals surface area contributed by atoms with Crippen molar-refractivity contribution in [1.82, 2.24) is 15.0 Å². The molecule has 4 nitrogen and oxygen atoms in total. The van der Waals surface area contributed by atoms with Crippen LogP contribution in [0.4, 0.5) is 11.5 Å². The Hall–Kier alpha value is -2.79. The van der Waals surface area contributed by atoms with E-state index in [9.17, 15) is 0 Å². The van der Waals surface area contributed by atoms with Crippen molar-refractivity contribution in [3.63, 3.8) is 0 Å². The second kappa shape index (κ2) is 6.61. The smallest absolute Gasteiger partial charge is 0.162 e. The lowest BCUT2D eigenvalue weighted by atomic mass is 10.2. The first kappa shape index (κ1) is 15.7. The number of para-hydroxylation sites is 1. The summed E-state index contributed by atoms with van der Waals surface area (Å²) in [5.41, 5.74) is 3.99. The van der Waals surface area contributed by atoms with Gasteiger partial charge in [0.2, 0.25) is 0 Å². The van der Waals surface area contributed by atoms with Crippen molar-refractivity contribution in [2.24, 2.45) is 0 Å². The maximum Gasteiger partial charge on any atom is 0.162 e. The fourth-order valence-corrected chi connectivity index (χ4v) is 3.35. The average Bonchev–Trinajstić information content (AvgIpc) is 2.61. The van der Waals surface area contributed by atoms with Crippen LogP contribution in [-0.2, 0) is 0 Å². The average molecular weight is 391 g/mol. The second-order valence-corrected chi connectivity index (χ2v) is 6.71. The first-order chi connectivity index (χ1) is 12.2. The van der Waals surface area contributed by atoms with Crippen LogP contribution in [0.15, 0.2) is 71.5 Å². The quantitative estimate of drug-likeness (QED) is 0.501. The van der Waals surface area contributed by atoms with Gasteiger partial charge in [-0.25, -0.2) is 9.97 Å². The minimum absolute atomic E-state index is 0.676. The highest BCUT2D eigenvalue weighted by Gasteiger charge is 2.10. The molecule has 0 bridgehead atoms. The number of aryl methyl sites for hydroxylation is 1. The maximum absolute atomic E-state index is 4.76. The number of rotatable bonds is 3. The van der Waals surface area contributed by atoms with E-state index < -0.39 is 0 Å². The van der Waals surface area contributed by atoms with E-state index in [0.29, 0.717) is 5.82 Å². The molecule has 0 saturated heterocycles. The van der Waals surface area contributed by atoms with Crippen LogP contribution in [0.2, 0.25) is 0 Å². The third-order valence-electron chi connectivity index (χ3n) is 3.85. The van der Waals surface area contributed by atoms with E-state index >= 15 is 0 Å². The second-order valence-electron chi connectivity index (χ2n) is 5.79. The van der Waals surface area contributed by atoms with Crippen LogP contribution in [0.25, 0.3) is 22.3 Å². The zero-order valence-corrected chi connectivity index (χ0v) is 15.2. The number of anilines is 2. The number of benzene rings is 2. The van der Waals surface area contributed by atoms with Gasteiger partial charge in [0.1, 0.15) is 5.82 Å². The molecular weight excluding hydrogens is 376 g/mol. The number of hydrogen-bond acceptors (Lipinski definition) is 4. The molecule has 0 atom stereocenters. The summed E-state index contributed by atoms with van der Waals surface area (Å²) in [5.74, 6) is 1.46. The summed E-state index contributed by atoms with van der Waals surface area (Å²) in [7, 11) is 0. The Balaban J connectivity index is 1.86. The Morgan fingerprint density at radius 3 is 2.52 bits per heavy atom. The largest absolute Gasteiger partial charge is 0.340 e. The van der Waals surface area contributed by atoms with Crippen LogP contribution in [0.1, 0.15) is 5.56 Å². The summed E-state index contributed by atoms with van der Waals surface area (Å²) in [6.45, 7) is 2.07. The normalized spacial score (nSPS) is 10.8. The summed E-state index contributed by atoms with van der Waals surface area (Å²) < 4.78 is 1.03. The van der Waals surface area contributed by atoms with Gasteiger partial charge < -0.3 is 5.32 Å². The highest BCUT2D eigenvalue weighted by molar-refractivity contribution is 9.10. The van der Waals surface area contributed by atoms with Crippen molar-refractivity contribution in [3.8, 4) is 11.4 Å². The molecule has 0 saturated carbocycles. The lowest BCUT2D eigenvalue weighted by Gasteiger charge is -2.12. The van der Waals surface area contributed by atoms with E-state index in [4.69, 9.17) is 9.97 Å². The van der Waals surface area contributed by atoms with Crippen LogP contribution < -0.4 is 5.32 Å². The summed E-state index contributed by atoms with van der Waals surface area (Å²) in [4.78, 5) is 13.5. The highest BCUT2D eigenvalue weighted by atomic mass is 79.9. The zero-order valence-electron chi connectivity index (χ0n) is 13.6. The summed E-state index contributed by atoms with van der Waals surface area (Å²) in [6, 6.07) is 18.0. The van der Waals surface area contributed by atoms with Crippen molar-refractivity contribution in [2.75, 3.05) is 5.32 Å². The van der Waals surface area contributed by atoms with Gasteiger partial charge in [0.15, 0.2) is 5.82 Å². The van der Waals surface area contributed by atoms with Crippen LogP contribution >= 0.6 is 15.9 Å². The monoisotopic (exact) mass is 390 g/mol. The molecule has 0 aliphatic heterocycles. The van der Waals surface area contributed by atoms with Crippen molar-refractivity contribution < 1.29 is 0 Å². The van der Waals surface area contributed by atoms with Crippen LogP contribution in [-0.4, -0.2) is 15.0 Å². The molecule has 0 amide bonds. The SMILES string of the molecule is Cc1cc(Br)cc(Nc2nc(-c3ccncc3)nc3ccccc23)c1. The molecule has 1 N–H and O–H groups in total. The van der Waals surface area contributed by atoms with Crippen molar-refractivity contribution in [3.05, 3.63) is 77.0 Å². The third-order valence-corrected chi connectivity index (χ3v) is 4.30. The van der Waals surface area contributed by atoms with Gasteiger partial charge in [-0.2, -0.15) is 0 Å². The van der Waals surface area contributed by atoms with E-state index in [2.05, 4.69) is 45.3 Å². The number of hydrogen-bond donors (Lipinski definition) is 1. The Morgan fingerprint density at radius 1 is 0.920 bits per heavy atom. The zero-order chi connectivity index (χ0) is 17.2. The number of aromatic nitrogens is 3. The molecule has 4 aromatic rings. The van der Waals surface area contributed by atoms with Crippen LogP contribution in [0.3, 0.4) is 0 Å². The molecule has 0 aliphatic carbocycles. The van der Waals surface area contributed by atoms with E-state index in [1.807, 2.05) is 42.5 Å². The predicted molar refractivity (Wildman–Crippen MR) is 105 cm³/mol. The van der Waals surface area contributed by atoms with Gasteiger partial charge in [0, 0.05) is 33.5 Å². The number of nitrogens with zero attached hydrogens (tertiary/aromatic N) is 3. The first-order valence-electron chi connectivity index (χ1n) is 7.90. The molecular formula is C20H15BrN4. The lowest BCUT2D eigenvalue weighted by Crippen LogP contribution is -1.99. The number of nitrogens with one attached hydrogen (secondary N) is 1. The van der Waals surface area contributed by atoms with Gasteiger partial charge in [-0.15, -0.1) is 0 Å². The molecule has 0 unspecified atom stereocenters. The highest BCUT2D eigenvalue weighted by Crippen LogP contribution is 2.28. The van der Waals surface area contributed by atoms with Crippen molar-refractivity contribution >= 4 is 38.3 Å². The number of pyridine rings is 1. The maximum atomic E-state index is 4.76. The van der Waals surface area contributed by atoms with E-state index in [1.165, 1.54) is 5.56 Å². The number of halogens is 1. The molecule has 122 valence electrons. The van der Waals surface area contributed by atoms with Gasteiger partial charge in [-0.1, -0.05) is 28.1 Å². The topological polar surface area (TPSA) is 50.7 Å². The third kappa shape index (κ3) is 3.37. The Labute approximate surface area is 154 Å². The van der Waals surface area contributed by atoms with Crippen molar-refractivity contribution in [2.45, 2.75) is 6.92 Å². The van der Waals surface area contributed by atoms with Gasteiger partial charge in [-0.05, 0) is 55.0 Å². The molecule has 2 aromatic carbocycles. The Morgan fingerprint density at radius 2 is 1.72 bits per heavy atom. The van der Waals surface area contributed by atoms with Gasteiger partial charge in [-0.3, -0.25) is 4.98 Å². The molecule has 2 heterocycles. The van der Waals surface area contributed by atoms with Gasteiger partial charge >= 0.3 is 0 Å². The Bertz CT molecular complexity index is 1030. The number of fused-ring (bicyclic) bond motifs is 1. The fraction of sp³-hybridized carbons (Fsp3) is 0.0500. The van der Waals surface area contributed by atoms with E-state index in [-0.39, 0.29) is 0 Å². The molecule has 5 heteroatoms. The molecule has 4 rings (SSSR count). The molecule has 0 aliphatic rings. The molecule has 2 aromatic heterocycles. The molecule has 0 radical (unpaired) electrons. The van der Waals surface area contributed by atoms with Gasteiger partial charge in [0.05, 0.1) is 5.52 Å². The molecule has 0 fully saturated rings. The summed E-state index contributed by atoms with van der Waals surface area (Å²) in [6.07, 6.45) is 3.50. The first-order valence-corrected chi connectivity index (χ1v) is 8.70. The van der Waals surface area contributed by atoms with E-state index in [0.717, 1.165) is 32.4 Å². The predicted octanol–water partition coefficient (Wildman–Crippen LogP) is 5.51. The summed E-state index contributed by atoms with van der Waals surface area (Å²) in [5, 5.41) is 4.43. The Kier molecular flexibility index (Phi) is 4.15. The van der Waals surface area contributed by atoms with Crippen LogP contribution in [0, 0.1) is 6.92 Å². The lowest BCUT2D eigenvalue weighted by molar-refractivity contribution is 1.21.